The molecule has 0 aromatic rings. The van der Waals surface area contributed by atoms with Crippen LogP contribution < -0.4 is 0 Å². The van der Waals surface area contributed by atoms with E-state index < -0.39 is 5.79 Å². The molecule has 0 N–H and O–H groups in total. The first kappa shape index (κ1) is 17.7. The first-order valence-corrected chi connectivity index (χ1v) is 10.9. The molecule has 0 radical (unpaired) electrons. The molecule has 1 spiro atoms. The lowest BCUT2D eigenvalue weighted by molar-refractivity contribution is -0.323. The zero-order valence-corrected chi connectivity index (χ0v) is 17.4. The molecule has 2 heterocycles. The highest BCUT2D eigenvalue weighted by Gasteiger charge is 2.80. The molecule has 146 valence electrons. The molecule has 5 aliphatic rings. The van der Waals surface area contributed by atoms with Gasteiger partial charge in [0.2, 0.25) is 0 Å². The van der Waals surface area contributed by atoms with Crippen LogP contribution in [0.4, 0.5) is 0 Å². The van der Waals surface area contributed by atoms with Crippen molar-refractivity contribution in [2.24, 2.45) is 35.5 Å². The summed E-state index contributed by atoms with van der Waals surface area (Å²) in [7, 11) is 0. The van der Waals surface area contributed by atoms with Crippen molar-refractivity contribution in [2.45, 2.75) is 90.3 Å². The monoisotopic (exact) mass is 360 g/mol. The van der Waals surface area contributed by atoms with E-state index in [1.807, 2.05) is 0 Å². The van der Waals surface area contributed by atoms with E-state index in [1.54, 1.807) is 5.57 Å². The molecule has 2 saturated heterocycles. The van der Waals surface area contributed by atoms with E-state index in [2.05, 4.69) is 47.6 Å². The van der Waals surface area contributed by atoms with Crippen LogP contribution in [0.15, 0.2) is 11.6 Å². The highest BCUT2D eigenvalue weighted by molar-refractivity contribution is 5.32. The Hall–Kier alpha value is -0.380. The predicted molar refractivity (Wildman–Crippen MR) is 102 cm³/mol. The quantitative estimate of drug-likeness (QED) is 0.490. The van der Waals surface area contributed by atoms with E-state index in [-0.39, 0.29) is 17.3 Å². The number of fused-ring (bicyclic) bond motifs is 1. The van der Waals surface area contributed by atoms with Gasteiger partial charge in [-0.1, -0.05) is 25.5 Å². The van der Waals surface area contributed by atoms with Crippen molar-refractivity contribution in [1.82, 2.24) is 0 Å². The lowest BCUT2D eigenvalue weighted by Gasteiger charge is -2.58. The fourth-order valence-corrected chi connectivity index (χ4v) is 7.42. The lowest BCUT2D eigenvalue weighted by Crippen LogP contribution is -2.64. The molecule has 3 aliphatic carbocycles. The number of allylic oxidation sites excluding steroid dienone is 2. The summed E-state index contributed by atoms with van der Waals surface area (Å²) in [5.41, 5.74) is 1.69. The molecule has 5 rings (SSSR count). The summed E-state index contributed by atoms with van der Waals surface area (Å²) in [6.07, 6.45) is 7.71. The average molecular weight is 361 g/mol. The van der Waals surface area contributed by atoms with Gasteiger partial charge in [0, 0.05) is 11.8 Å². The van der Waals surface area contributed by atoms with Crippen LogP contribution in [0.2, 0.25) is 0 Å². The highest BCUT2D eigenvalue weighted by atomic mass is 16.7. The average Bonchev–Trinajstić information content (AvgIpc) is 3.19. The molecule has 0 aromatic heterocycles. The Morgan fingerprint density at radius 3 is 2.69 bits per heavy atom. The fourth-order valence-electron chi connectivity index (χ4n) is 7.42. The van der Waals surface area contributed by atoms with E-state index in [0.29, 0.717) is 35.5 Å². The van der Waals surface area contributed by atoms with E-state index in [4.69, 9.17) is 14.2 Å². The topological polar surface area (TPSA) is 31.0 Å². The van der Waals surface area contributed by atoms with Gasteiger partial charge in [-0.15, -0.1) is 0 Å². The Morgan fingerprint density at radius 1 is 1.19 bits per heavy atom. The third kappa shape index (κ3) is 2.17. The van der Waals surface area contributed by atoms with Gasteiger partial charge in [0.1, 0.15) is 5.60 Å². The summed E-state index contributed by atoms with van der Waals surface area (Å²) < 4.78 is 19.6. The van der Waals surface area contributed by atoms with Crippen LogP contribution in [0, 0.1) is 35.5 Å². The molecule has 4 fully saturated rings. The van der Waals surface area contributed by atoms with Gasteiger partial charge < -0.3 is 14.2 Å². The van der Waals surface area contributed by atoms with Crippen LogP contribution in [0.25, 0.3) is 0 Å². The molecule has 8 atom stereocenters. The van der Waals surface area contributed by atoms with Crippen molar-refractivity contribution >= 4 is 0 Å². The normalized spacial score (nSPS) is 56.5. The van der Waals surface area contributed by atoms with Gasteiger partial charge in [-0.3, -0.25) is 0 Å². The Bertz CT molecular complexity index is 637. The second kappa shape index (κ2) is 5.36. The van der Waals surface area contributed by atoms with Crippen LogP contribution in [0.3, 0.4) is 0 Å². The standard InChI is InChI=1S/C23H36O3/c1-13(2)16-8-7-14(3)17-9-10-22(6)23(26-22)18(16)11-15-12-24-21(4,5)25-20(15)19(17)23/h7,13,15-20H,8-12H2,1-6H3/b14-7-/t15-,16+,17-,18-,19-,20+,22+,23-/m0/s1. The van der Waals surface area contributed by atoms with E-state index in [1.165, 1.54) is 25.7 Å². The number of epoxide rings is 1. The summed E-state index contributed by atoms with van der Waals surface area (Å²) in [6.45, 7) is 14.6. The summed E-state index contributed by atoms with van der Waals surface area (Å²) in [6, 6.07) is 0. The Kier molecular flexibility index (Phi) is 3.65. The zero-order valence-electron chi connectivity index (χ0n) is 17.4. The minimum Gasteiger partial charge on any atom is -0.362 e. The van der Waals surface area contributed by atoms with Gasteiger partial charge >= 0.3 is 0 Å². The summed E-state index contributed by atoms with van der Waals surface area (Å²) in [5, 5.41) is 0. The van der Waals surface area contributed by atoms with Gasteiger partial charge in [-0.05, 0) is 77.0 Å². The molecule has 26 heavy (non-hydrogen) atoms. The molecular formula is C23H36O3. The van der Waals surface area contributed by atoms with Gasteiger partial charge in [0.25, 0.3) is 0 Å². The van der Waals surface area contributed by atoms with E-state index >= 15 is 0 Å². The van der Waals surface area contributed by atoms with Crippen LogP contribution in [0.1, 0.15) is 67.2 Å². The second-order valence-electron chi connectivity index (χ2n) is 10.8. The number of hydrogen-bond acceptors (Lipinski definition) is 3. The van der Waals surface area contributed by atoms with Crippen molar-refractivity contribution < 1.29 is 14.2 Å². The Labute approximate surface area is 158 Å². The largest absolute Gasteiger partial charge is 0.362 e. The number of hydrogen-bond donors (Lipinski definition) is 0. The maximum atomic E-state index is 6.82. The van der Waals surface area contributed by atoms with Crippen LogP contribution in [-0.4, -0.2) is 29.7 Å². The van der Waals surface area contributed by atoms with E-state index in [9.17, 15) is 0 Å². The first-order chi connectivity index (χ1) is 12.2. The summed E-state index contributed by atoms with van der Waals surface area (Å²) in [5.74, 6) is 3.17. The molecule has 4 bridgehead atoms. The van der Waals surface area contributed by atoms with Gasteiger partial charge in [0.15, 0.2) is 5.79 Å². The number of ether oxygens (including phenoxy) is 3. The zero-order chi connectivity index (χ0) is 18.5. The maximum absolute atomic E-state index is 6.82. The lowest BCUT2D eigenvalue weighted by atomic mass is 9.49. The highest BCUT2D eigenvalue weighted by Crippen LogP contribution is 2.73. The summed E-state index contributed by atoms with van der Waals surface area (Å²) in [4.78, 5) is 0. The minimum absolute atomic E-state index is 0.0367. The minimum atomic E-state index is -0.471. The SMILES string of the molecule is C/C1=C/C[C@H](C(C)C)[C@@H]2C[C@H]3COC(C)(C)O[C@H]3[C@@H]3[C@H]1CC[C@@]1(C)O[C@]321. The van der Waals surface area contributed by atoms with Crippen molar-refractivity contribution in [3.63, 3.8) is 0 Å². The molecule has 3 nitrogen and oxygen atoms in total. The van der Waals surface area contributed by atoms with Gasteiger partial charge in [0.05, 0.1) is 18.3 Å². The van der Waals surface area contributed by atoms with Crippen LogP contribution >= 0.6 is 0 Å². The van der Waals surface area contributed by atoms with Crippen molar-refractivity contribution in [1.29, 1.82) is 0 Å². The molecule has 2 aliphatic heterocycles. The Balaban J connectivity index is 1.65. The van der Waals surface area contributed by atoms with Crippen molar-refractivity contribution in [3.05, 3.63) is 11.6 Å². The second-order valence-corrected chi connectivity index (χ2v) is 10.8. The van der Waals surface area contributed by atoms with Crippen molar-refractivity contribution in [3.8, 4) is 0 Å². The summed E-state index contributed by atoms with van der Waals surface area (Å²) >= 11 is 0. The first-order valence-electron chi connectivity index (χ1n) is 10.9. The molecule has 0 amide bonds. The number of rotatable bonds is 1. The van der Waals surface area contributed by atoms with Crippen LogP contribution in [-0.2, 0) is 14.2 Å². The fraction of sp³-hybridized carbons (Fsp3) is 0.913. The Morgan fingerprint density at radius 2 is 1.96 bits per heavy atom. The smallest absolute Gasteiger partial charge is 0.163 e. The molecule has 2 saturated carbocycles. The maximum Gasteiger partial charge on any atom is 0.163 e. The van der Waals surface area contributed by atoms with Crippen molar-refractivity contribution in [2.75, 3.05) is 6.61 Å². The van der Waals surface area contributed by atoms with E-state index in [0.717, 1.165) is 6.61 Å². The van der Waals surface area contributed by atoms with Gasteiger partial charge in [-0.2, -0.15) is 0 Å². The molecule has 0 unspecified atom stereocenters. The van der Waals surface area contributed by atoms with Gasteiger partial charge in [-0.25, -0.2) is 0 Å². The third-order valence-corrected chi connectivity index (χ3v) is 8.70. The molecule has 0 aromatic carbocycles. The third-order valence-electron chi connectivity index (χ3n) is 8.70. The van der Waals surface area contributed by atoms with Crippen LogP contribution in [0.5, 0.6) is 0 Å². The predicted octanol–water partition coefficient (Wildman–Crippen LogP) is 4.95. The molecular weight excluding hydrogens is 324 g/mol. The molecule has 3 heteroatoms.